The molecule has 0 atom stereocenters. The van der Waals surface area contributed by atoms with Crippen molar-refractivity contribution in [1.82, 2.24) is 20.3 Å². The average Bonchev–Trinajstić information content (AvgIpc) is 2.70. The van der Waals surface area contributed by atoms with Gasteiger partial charge in [0.25, 0.3) is 0 Å². The first-order valence-corrected chi connectivity index (χ1v) is 8.21. The highest BCUT2D eigenvalue weighted by molar-refractivity contribution is 5.67. The van der Waals surface area contributed by atoms with Gasteiger partial charge in [-0.15, -0.1) is 0 Å². The first-order chi connectivity index (χ1) is 11.9. The molecule has 120 valence electrons. The number of benzene rings is 1. The van der Waals surface area contributed by atoms with Crippen LogP contribution in [0.3, 0.4) is 0 Å². The summed E-state index contributed by atoms with van der Waals surface area (Å²) in [7, 11) is 0. The summed E-state index contributed by atoms with van der Waals surface area (Å²) in [5.41, 5.74) is 2.98. The maximum atomic E-state index is 4.80. The van der Waals surface area contributed by atoms with Gasteiger partial charge in [-0.05, 0) is 12.1 Å². The molecule has 3 heterocycles. The number of piperazine rings is 1. The zero-order valence-electron chi connectivity index (χ0n) is 13.4. The Balaban J connectivity index is 1.81. The molecule has 4 rings (SSSR count). The van der Waals surface area contributed by atoms with Crippen LogP contribution in [-0.2, 0) is 0 Å². The third-order valence-electron chi connectivity index (χ3n) is 4.14. The van der Waals surface area contributed by atoms with Gasteiger partial charge in [0.2, 0.25) is 0 Å². The summed E-state index contributed by atoms with van der Waals surface area (Å²) in [4.78, 5) is 16.1. The Labute approximate surface area is 141 Å². The SMILES string of the molecule is c1ccc(-c2cc(N3CCNCC3)nc(-c3cccnc3)n2)cc1. The van der Waals surface area contributed by atoms with Gasteiger partial charge in [-0.3, -0.25) is 4.98 Å². The van der Waals surface area contributed by atoms with Crippen molar-refractivity contribution in [1.29, 1.82) is 0 Å². The van der Waals surface area contributed by atoms with Crippen LogP contribution in [0.15, 0.2) is 60.9 Å². The molecule has 1 fully saturated rings. The number of hydrogen-bond donors (Lipinski definition) is 1. The van der Waals surface area contributed by atoms with Crippen LogP contribution in [0.4, 0.5) is 5.82 Å². The van der Waals surface area contributed by atoms with Crippen LogP contribution in [0.2, 0.25) is 0 Å². The van der Waals surface area contributed by atoms with Crippen LogP contribution >= 0.6 is 0 Å². The van der Waals surface area contributed by atoms with E-state index in [-0.39, 0.29) is 0 Å². The molecule has 24 heavy (non-hydrogen) atoms. The standard InChI is InChI=1S/C19H19N5/c1-2-5-15(6-3-1)17-13-18(24-11-9-20-10-12-24)23-19(22-17)16-7-4-8-21-14-16/h1-8,13-14,20H,9-12H2. The van der Waals surface area contributed by atoms with Crippen LogP contribution in [0, 0.1) is 0 Å². The second-order valence-corrected chi connectivity index (χ2v) is 5.78. The topological polar surface area (TPSA) is 53.9 Å². The zero-order valence-corrected chi connectivity index (χ0v) is 13.4. The van der Waals surface area contributed by atoms with E-state index in [0.29, 0.717) is 0 Å². The molecule has 1 saturated heterocycles. The Morgan fingerprint density at radius 3 is 2.42 bits per heavy atom. The van der Waals surface area contributed by atoms with Gasteiger partial charge in [-0.1, -0.05) is 30.3 Å². The Morgan fingerprint density at radius 1 is 0.875 bits per heavy atom. The minimum atomic E-state index is 0.720. The largest absolute Gasteiger partial charge is 0.354 e. The summed E-state index contributed by atoms with van der Waals surface area (Å²) in [6, 6.07) is 16.2. The summed E-state index contributed by atoms with van der Waals surface area (Å²) in [6.45, 7) is 3.87. The molecule has 1 aliphatic heterocycles. The van der Waals surface area contributed by atoms with Crippen molar-refractivity contribution >= 4 is 5.82 Å². The van der Waals surface area contributed by atoms with Crippen molar-refractivity contribution in [2.45, 2.75) is 0 Å². The van der Waals surface area contributed by atoms with Crippen molar-refractivity contribution in [3.8, 4) is 22.6 Å². The highest BCUT2D eigenvalue weighted by Gasteiger charge is 2.15. The van der Waals surface area contributed by atoms with E-state index in [0.717, 1.165) is 54.6 Å². The number of rotatable bonds is 3. The molecule has 0 bridgehead atoms. The molecule has 1 N–H and O–H groups in total. The number of nitrogens with zero attached hydrogens (tertiary/aromatic N) is 4. The molecule has 0 saturated carbocycles. The minimum absolute atomic E-state index is 0.720. The Kier molecular flexibility index (Phi) is 4.16. The summed E-state index contributed by atoms with van der Waals surface area (Å²) in [5, 5.41) is 3.38. The highest BCUT2D eigenvalue weighted by atomic mass is 15.2. The molecular formula is C19H19N5. The summed E-state index contributed by atoms with van der Waals surface area (Å²) >= 11 is 0. The van der Waals surface area contributed by atoms with Gasteiger partial charge in [-0.25, -0.2) is 9.97 Å². The lowest BCUT2D eigenvalue weighted by Crippen LogP contribution is -2.44. The van der Waals surface area contributed by atoms with E-state index in [1.165, 1.54) is 0 Å². The second kappa shape index (κ2) is 6.76. The van der Waals surface area contributed by atoms with Crippen molar-refractivity contribution in [3.63, 3.8) is 0 Å². The normalized spacial score (nSPS) is 14.6. The Hall–Kier alpha value is -2.79. The van der Waals surface area contributed by atoms with Gasteiger partial charge in [0, 0.05) is 55.8 Å². The van der Waals surface area contributed by atoms with Crippen molar-refractivity contribution in [3.05, 3.63) is 60.9 Å². The molecule has 2 aromatic heterocycles. The van der Waals surface area contributed by atoms with Crippen LogP contribution in [0.5, 0.6) is 0 Å². The summed E-state index contributed by atoms with van der Waals surface area (Å²) in [6.07, 6.45) is 3.58. The highest BCUT2D eigenvalue weighted by Crippen LogP contribution is 2.25. The molecule has 0 amide bonds. The van der Waals surface area contributed by atoms with Gasteiger partial charge in [0.1, 0.15) is 5.82 Å². The fraction of sp³-hybridized carbons (Fsp3) is 0.211. The van der Waals surface area contributed by atoms with Crippen LogP contribution < -0.4 is 10.2 Å². The number of anilines is 1. The lowest BCUT2D eigenvalue weighted by atomic mass is 10.1. The second-order valence-electron chi connectivity index (χ2n) is 5.78. The maximum Gasteiger partial charge on any atom is 0.163 e. The van der Waals surface area contributed by atoms with E-state index in [1.54, 1.807) is 6.20 Å². The third kappa shape index (κ3) is 3.12. The molecule has 5 heteroatoms. The molecule has 0 aliphatic carbocycles. The molecule has 0 spiro atoms. The minimum Gasteiger partial charge on any atom is -0.354 e. The Morgan fingerprint density at radius 2 is 1.67 bits per heavy atom. The van der Waals surface area contributed by atoms with E-state index in [1.807, 2.05) is 36.5 Å². The van der Waals surface area contributed by atoms with Gasteiger partial charge < -0.3 is 10.2 Å². The zero-order chi connectivity index (χ0) is 16.2. The Bertz CT molecular complexity index is 741. The summed E-state index contributed by atoms with van der Waals surface area (Å²) < 4.78 is 0. The smallest absolute Gasteiger partial charge is 0.163 e. The first-order valence-electron chi connectivity index (χ1n) is 8.21. The lowest BCUT2D eigenvalue weighted by Gasteiger charge is -2.28. The molecule has 0 radical (unpaired) electrons. The van der Waals surface area contributed by atoms with Gasteiger partial charge in [0.05, 0.1) is 5.69 Å². The summed E-state index contributed by atoms with van der Waals surface area (Å²) in [5.74, 6) is 1.70. The van der Waals surface area contributed by atoms with Crippen LogP contribution in [0.1, 0.15) is 0 Å². The van der Waals surface area contributed by atoms with Crippen LogP contribution in [0.25, 0.3) is 22.6 Å². The first kappa shape index (κ1) is 14.8. The molecule has 1 aliphatic rings. The van der Waals surface area contributed by atoms with Crippen molar-refractivity contribution in [2.75, 3.05) is 31.1 Å². The maximum absolute atomic E-state index is 4.80. The molecule has 1 aromatic carbocycles. The fourth-order valence-electron chi connectivity index (χ4n) is 2.87. The van der Waals surface area contributed by atoms with Gasteiger partial charge in [0.15, 0.2) is 5.82 Å². The number of hydrogen-bond acceptors (Lipinski definition) is 5. The lowest BCUT2D eigenvalue weighted by molar-refractivity contribution is 0.585. The molecule has 3 aromatic rings. The van der Waals surface area contributed by atoms with E-state index < -0.39 is 0 Å². The predicted molar refractivity (Wildman–Crippen MR) is 95.8 cm³/mol. The van der Waals surface area contributed by atoms with E-state index >= 15 is 0 Å². The van der Waals surface area contributed by atoms with Crippen molar-refractivity contribution in [2.24, 2.45) is 0 Å². The molecular weight excluding hydrogens is 298 g/mol. The number of aromatic nitrogens is 3. The molecule has 0 unspecified atom stereocenters. The molecule has 5 nitrogen and oxygen atoms in total. The van der Waals surface area contributed by atoms with Crippen LogP contribution in [-0.4, -0.2) is 41.1 Å². The van der Waals surface area contributed by atoms with Gasteiger partial charge in [-0.2, -0.15) is 0 Å². The van der Waals surface area contributed by atoms with Gasteiger partial charge >= 0.3 is 0 Å². The predicted octanol–water partition coefficient (Wildman–Crippen LogP) is 2.62. The number of pyridine rings is 1. The van der Waals surface area contributed by atoms with E-state index in [4.69, 9.17) is 9.97 Å². The van der Waals surface area contributed by atoms with E-state index in [2.05, 4.69) is 33.4 Å². The van der Waals surface area contributed by atoms with Crippen molar-refractivity contribution < 1.29 is 0 Å². The average molecular weight is 317 g/mol. The monoisotopic (exact) mass is 317 g/mol. The fourth-order valence-corrected chi connectivity index (χ4v) is 2.87. The van der Waals surface area contributed by atoms with E-state index in [9.17, 15) is 0 Å². The quantitative estimate of drug-likeness (QED) is 0.805. The third-order valence-corrected chi connectivity index (χ3v) is 4.14. The number of nitrogens with one attached hydrogen (secondary N) is 1.